The number of nitriles is 1. The van der Waals surface area contributed by atoms with Crippen molar-refractivity contribution < 1.29 is 19.1 Å². The zero-order valence-corrected chi connectivity index (χ0v) is 21.4. The first kappa shape index (κ1) is 25.2. The van der Waals surface area contributed by atoms with Crippen LogP contribution in [0.25, 0.3) is 6.08 Å². The van der Waals surface area contributed by atoms with Gasteiger partial charge in [-0.25, -0.2) is 4.79 Å². The summed E-state index contributed by atoms with van der Waals surface area (Å²) in [6.07, 6.45) is 1.48. The van der Waals surface area contributed by atoms with Crippen LogP contribution in [0.4, 0.5) is 5.69 Å². The Morgan fingerprint density at radius 2 is 1.68 bits per heavy atom. The summed E-state index contributed by atoms with van der Waals surface area (Å²) < 4.78 is 12.2. The predicted molar refractivity (Wildman–Crippen MR) is 137 cm³/mol. The summed E-state index contributed by atoms with van der Waals surface area (Å²) in [5, 5.41) is 12.2. The minimum Gasteiger partial charge on any atom is -0.487 e. The first-order valence-corrected chi connectivity index (χ1v) is 11.9. The average Bonchev–Trinajstić information content (AvgIpc) is 2.83. The lowest BCUT2D eigenvalue weighted by molar-refractivity contribution is -0.112. The van der Waals surface area contributed by atoms with Crippen LogP contribution >= 0.6 is 31.9 Å². The molecule has 0 radical (unpaired) electrons. The van der Waals surface area contributed by atoms with E-state index < -0.39 is 11.9 Å². The van der Waals surface area contributed by atoms with E-state index in [1.54, 1.807) is 43.3 Å². The Hall–Kier alpha value is -3.41. The van der Waals surface area contributed by atoms with Crippen LogP contribution in [0.1, 0.15) is 28.4 Å². The molecule has 8 heteroatoms. The second-order valence-corrected chi connectivity index (χ2v) is 8.72. The van der Waals surface area contributed by atoms with Crippen LogP contribution in [-0.4, -0.2) is 18.5 Å². The van der Waals surface area contributed by atoms with Gasteiger partial charge in [0.2, 0.25) is 0 Å². The molecule has 0 aromatic heterocycles. The highest BCUT2D eigenvalue weighted by atomic mass is 79.9. The van der Waals surface area contributed by atoms with E-state index in [4.69, 9.17) is 9.47 Å². The minimum absolute atomic E-state index is 0.0776. The summed E-state index contributed by atoms with van der Waals surface area (Å²) in [4.78, 5) is 24.4. The van der Waals surface area contributed by atoms with Crippen molar-refractivity contribution in [2.24, 2.45) is 0 Å². The fraction of sp³-hybridized carbons (Fsp3) is 0.115. The maximum absolute atomic E-state index is 12.6. The van der Waals surface area contributed by atoms with Gasteiger partial charge < -0.3 is 14.8 Å². The number of esters is 1. The molecule has 0 saturated carbocycles. The van der Waals surface area contributed by atoms with Crippen LogP contribution in [0.5, 0.6) is 5.75 Å². The number of anilines is 1. The van der Waals surface area contributed by atoms with Crippen molar-refractivity contribution in [3.05, 3.63) is 97.9 Å². The molecular weight excluding hydrogens is 564 g/mol. The van der Waals surface area contributed by atoms with E-state index in [-0.39, 0.29) is 12.2 Å². The number of hydrogen-bond donors (Lipinski definition) is 1. The Labute approximate surface area is 214 Å². The van der Waals surface area contributed by atoms with E-state index in [2.05, 4.69) is 37.2 Å². The van der Waals surface area contributed by atoms with E-state index in [0.29, 0.717) is 38.1 Å². The van der Waals surface area contributed by atoms with Gasteiger partial charge in [-0.15, -0.1) is 0 Å². The molecule has 0 heterocycles. The molecule has 6 nitrogen and oxygen atoms in total. The van der Waals surface area contributed by atoms with Crippen LogP contribution < -0.4 is 10.1 Å². The molecule has 0 unspecified atom stereocenters. The fourth-order valence-corrected chi connectivity index (χ4v) is 4.40. The molecule has 0 saturated heterocycles. The molecule has 0 aliphatic rings. The standard InChI is InChI=1S/C26H20Br2N2O4/c1-2-33-26(32)19-8-10-21(11-9-19)30-25(31)20(15-29)12-18-13-22(27)24(23(28)14-18)34-16-17-6-4-3-5-7-17/h3-14H,2,16H2,1H3,(H,30,31)/b20-12+. The largest absolute Gasteiger partial charge is 0.487 e. The molecule has 3 aromatic carbocycles. The number of halogens is 2. The van der Waals surface area contributed by atoms with E-state index in [1.165, 1.54) is 6.08 Å². The van der Waals surface area contributed by atoms with Crippen LogP contribution in [0.2, 0.25) is 0 Å². The SMILES string of the molecule is CCOC(=O)c1ccc(NC(=O)/C(C#N)=C/c2cc(Br)c(OCc3ccccc3)c(Br)c2)cc1. The fourth-order valence-electron chi connectivity index (χ4n) is 2.95. The van der Waals surface area contributed by atoms with Gasteiger partial charge in [0.25, 0.3) is 5.91 Å². The Bertz CT molecular complexity index is 1230. The highest BCUT2D eigenvalue weighted by Gasteiger charge is 2.13. The normalized spacial score (nSPS) is 10.8. The lowest BCUT2D eigenvalue weighted by Gasteiger charge is -2.12. The Morgan fingerprint density at radius 3 is 2.26 bits per heavy atom. The first-order chi connectivity index (χ1) is 16.4. The van der Waals surface area contributed by atoms with Gasteiger partial charge in [0.15, 0.2) is 0 Å². The van der Waals surface area contributed by atoms with Gasteiger partial charge in [0.1, 0.15) is 24.0 Å². The number of hydrogen-bond acceptors (Lipinski definition) is 5. The monoisotopic (exact) mass is 582 g/mol. The Morgan fingerprint density at radius 1 is 1.03 bits per heavy atom. The highest BCUT2D eigenvalue weighted by Crippen LogP contribution is 2.36. The Balaban J connectivity index is 1.72. The van der Waals surface area contributed by atoms with Gasteiger partial charge in [-0.05, 0) is 92.4 Å². The molecule has 34 heavy (non-hydrogen) atoms. The lowest BCUT2D eigenvalue weighted by atomic mass is 10.1. The van der Waals surface area contributed by atoms with Crippen LogP contribution in [0.15, 0.2) is 81.2 Å². The van der Waals surface area contributed by atoms with Crippen LogP contribution in [0, 0.1) is 11.3 Å². The quantitative estimate of drug-likeness (QED) is 0.185. The summed E-state index contributed by atoms with van der Waals surface area (Å²) >= 11 is 7.00. The van der Waals surface area contributed by atoms with Gasteiger partial charge >= 0.3 is 5.97 Å². The molecule has 0 aliphatic heterocycles. The molecule has 0 aliphatic carbocycles. The number of amides is 1. The van der Waals surface area contributed by atoms with Crippen molar-refractivity contribution >= 4 is 55.5 Å². The maximum atomic E-state index is 12.6. The third kappa shape index (κ3) is 6.80. The summed E-state index contributed by atoms with van der Waals surface area (Å²) in [5.74, 6) is -0.390. The molecule has 3 rings (SSSR count). The maximum Gasteiger partial charge on any atom is 0.338 e. The smallest absolute Gasteiger partial charge is 0.338 e. The van der Waals surface area contributed by atoms with Crippen LogP contribution in [0.3, 0.4) is 0 Å². The number of ether oxygens (including phenoxy) is 2. The number of carbonyl (C=O) groups is 2. The molecule has 0 bridgehead atoms. The minimum atomic E-state index is -0.567. The topological polar surface area (TPSA) is 88.4 Å². The molecule has 1 amide bonds. The van der Waals surface area contributed by atoms with Crippen molar-refractivity contribution in [2.75, 3.05) is 11.9 Å². The molecule has 172 valence electrons. The number of rotatable bonds is 8. The zero-order chi connectivity index (χ0) is 24.5. The molecule has 0 atom stereocenters. The Kier molecular flexibility index (Phi) is 9.02. The number of nitrogens with one attached hydrogen (secondary N) is 1. The van der Waals surface area contributed by atoms with Crippen molar-refractivity contribution in [3.8, 4) is 11.8 Å². The summed E-state index contributed by atoms with van der Waals surface area (Å²) in [7, 11) is 0. The van der Waals surface area contributed by atoms with E-state index in [9.17, 15) is 14.9 Å². The third-order valence-electron chi connectivity index (χ3n) is 4.58. The number of benzene rings is 3. The summed E-state index contributed by atoms with van der Waals surface area (Å²) in [6.45, 7) is 2.40. The van der Waals surface area contributed by atoms with Gasteiger partial charge in [0, 0.05) is 5.69 Å². The van der Waals surface area contributed by atoms with Gasteiger partial charge in [-0.2, -0.15) is 5.26 Å². The van der Waals surface area contributed by atoms with Crippen molar-refractivity contribution in [1.82, 2.24) is 0 Å². The van der Waals surface area contributed by atoms with Gasteiger partial charge in [-0.1, -0.05) is 30.3 Å². The summed E-state index contributed by atoms with van der Waals surface area (Å²) in [6, 6.07) is 21.5. The van der Waals surface area contributed by atoms with E-state index >= 15 is 0 Å². The third-order valence-corrected chi connectivity index (χ3v) is 5.75. The predicted octanol–water partition coefficient (Wildman–Crippen LogP) is 6.51. The number of nitrogens with zero attached hydrogens (tertiary/aromatic N) is 1. The summed E-state index contributed by atoms with van der Waals surface area (Å²) in [5.41, 5.74) is 2.41. The molecule has 0 spiro atoms. The van der Waals surface area contributed by atoms with Crippen molar-refractivity contribution in [1.29, 1.82) is 5.26 Å². The van der Waals surface area contributed by atoms with E-state index in [0.717, 1.165) is 5.56 Å². The second kappa shape index (κ2) is 12.2. The highest BCUT2D eigenvalue weighted by molar-refractivity contribution is 9.11. The van der Waals surface area contributed by atoms with Gasteiger partial charge in [0.05, 0.1) is 21.1 Å². The van der Waals surface area contributed by atoms with Gasteiger partial charge in [-0.3, -0.25) is 4.79 Å². The van der Waals surface area contributed by atoms with Crippen LogP contribution in [-0.2, 0) is 16.1 Å². The second-order valence-electron chi connectivity index (χ2n) is 7.01. The molecular formula is C26H20Br2N2O4. The molecule has 3 aromatic rings. The number of carbonyl (C=O) groups excluding carboxylic acids is 2. The molecule has 1 N–H and O–H groups in total. The van der Waals surface area contributed by atoms with E-state index in [1.807, 2.05) is 36.4 Å². The zero-order valence-electron chi connectivity index (χ0n) is 18.2. The molecule has 0 fully saturated rings. The first-order valence-electron chi connectivity index (χ1n) is 10.3. The van der Waals surface area contributed by atoms with Crippen molar-refractivity contribution in [2.45, 2.75) is 13.5 Å². The average molecular weight is 584 g/mol. The lowest BCUT2D eigenvalue weighted by Crippen LogP contribution is -2.13. The van der Waals surface area contributed by atoms with Crippen molar-refractivity contribution in [3.63, 3.8) is 0 Å².